The van der Waals surface area contributed by atoms with Crippen LogP contribution in [0.1, 0.15) is 33.1 Å². The molecule has 6 heteroatoms. The molecule has 16 heavy (non-hydrogen) atoms. The number of carbonyl (C=O) groups excluding carboxylic acids is 1. The van der Waals surface area contributed by atoms with Crippen LogP contribution in [0.4, 0.5) is 4.39 Å². The number of Topliss-reactive ketones (excluding diaryl/α,β-unsaturated/α-hetero) is 1. The van der Waals surface area contributed by atoms with Gasteiger partial charge in [0.2, 0.25) is 6.01 Å². The van der Waals surface area contributed by atoms with E-state index in [1.165, 1.54) is 0 Å². The second kappa shape index (κ2) is 3.26. The van der Waals surface area contributed by atoms with Gasteiger partial charge < -0.3 is 0 Å². The minimum absolute atomic E-state index is 0.148. The van der Waals surface area contributed by atoms with E-state index in [1.807, 2.05) is 0 Å². The number of halogens is 1. The van der Waals surface area contributed by atoms with Crippen molar-refractivity contribution in [3.8, 4) is 0 Å². The molecule has 2 rings (SSSR count). The van der Waals surface area contributed by atoms with Crippen molar-refractivity contribution < 1.29 is 21.8 Å². The van der Waals surface area contributed by atoms with Crippen molar-refractivity contribution in [1.29, 1.82) is 0 Å². The summed E-state index contributed by atoms with van der Waals surface area (Å²) in [7, 11) is -4.22. The van der Waals surface area contributed by atoms with Crippen LogP contribution < -0.4 is 0 Å². The van der Waals surface area contributed by atoms with Crippen molar-refractivity contribution in [3.05, 3.63) is 0 Å². The minimum atomic E-state index is -4.22. The van der Waals surface area contributed by atoms with E-state index in [-0.39, 0.29) is 11.7 Å². The van der Waals surface area contributed by atoms with Gasteiger partial charge in [-0.05, 0) is 25.2 Å². The Kier molecular flexibility index (Phi) is 2.44. The molecule has 2 saturated carbocycles. The Bertz CT molecular complexity index is 428. The fourth-order valence-corrected chi connectivity index (χ4v) is 3.74. The van der Waals surface area contributed by atoms with E-state index in [2.05, 4.69) is 0 Å². The molecule has 0 radical (unpaired) electrons. The van der Waals surface area contributed by atoms with Crippen LogP contribution in [0.5, 0.6) is 0 Å². The summed E-state index contributed by atoms with van der Waals surface area (Å²) in [6.07, 6.45) is 1.55. The monoisotopic (exact) mass is 250 g/mol. The maximum Gasteiger partial charge on any atom is 0.297 e. The Labute approximate surface area is 94.3 Å². The van der Waals surface area contributed by atoms with Crippen LogP contribution >= 0.6 is 0 Å². The van der Waals surface area contributed by atoms with Gasteiger partial charge in [0.25, 0.3) is 10.1 Å². The Balaban J connectivity index is 2.32. The predicted octanol–water partition coefficient (Wildman–Crippen LogP) is 1.41. The molecule has 0 aromatic carbocycles. The fourth-order valence-electron chi connectivity index (χ4n) is 2.98. The van der Waals surface area contributed by atoms with E-state index in [1.54, 1.807) is 13.8 Å². The average Bonchev–Trinajstić information content (AvgIpc) is 2.67. The maximum absolute atomic E-state index is 12.2. The molecule has 0 saturated heterocycles. The summed E-state index contributed by atoms with van der Waals surface area (Å²) in [6, 6.07) is -1.58. The average molecular weight is 250 g/mol. The van der Waals surface area contributed by atoms with E-state index in [0.717, 1.165) is 6.42 Å². The van der Waals surface area contributed by atoms with Crippen LogP contribution in [-0.2, 0) is 19.1 Å². The molecule has 0 aromatic heterocycles. The molecule has 2 aliphatic rings. The largest absolute Gasteiger partial charge is 0.297 e. The lowest BCUT2D eigenvalue weighted by molar-refractivity contribution is -0.140. The zero-order valence-corrected chi connectivity index (χ0v) is 10.1. The summed E-state index contributed by atoms with van der Waals surface area (Å²) in [5.74, 6) is -0.0527. The van der Waals surface area contributed by atoms with Gasteiger partial charge in [0, 0.05) is 5.41 Å². The Hall–Kier alpha value is -0.490. The van der Waals surface area contributed by atoms with Gasteiger partial charge in [-0.15, -0.1) is 0 Å². The standard InChI is InChI=1S/C10H15FO4S/c1-9(2)7-3-4-10(5-7,8(9)12)15-16(13,14)6-11/h7H,3-6H2,1-2H3. The molecule has 0 amide bonds. The molecule has 0 N–H and O–H groups in total. The Morgan fingerprint density at radius 2 is 2.12 bits per heavy atom. The van der Waals surface area contributed by atoms with Gasteiger partial charge >= 0.3 is 0 Å². The summed E-state index contributed by atoms with van der Waals surface area (Å²) in [4.78, 5) is 12.1. The molecule has 0 aromatic rings. The van der Waals surface area contributed by atoms with E-state index in [9.17, 15) is 17.6 Å². The molecule has 2 aliphatic carbocycles. The summed E-state index contributed by atoms with van der Waals surface area (Å²) in [5, 5.41) is 0. The van der Waals surface area contributed by atoms with Gasteiger partial charge in [0.05, 0.1) is 0 Å². The number of carbonyl (C=O) groups is 1. The number of rotatable bonds is 3. The first-order valence-electron chi connectivity index (χ1n) is 5.28. The van der Waals surface area contributed by atoms with Crippen molar-refractivity contribution in [1.82, 2.24) is 0 Å². The SMILES string of the molecule is CC1(C)C(=O)C2(OS(=O)(=O)CF)CCC1C2. The van der Waals surface area contributed by atoms with Gasteiger partial charge in [-0.3, -0.25) is 8.98 Å². The molecule has 0 heterocycles. The molecular formula is C10H15FO4S. The van der Waals surface area contributed by atoms with Crippen molar-refractivity contribution in [3.63, 3.8) is 0 Å². The molecular weight excluding hydrogens is 235 g/mol. The lowest BCUT2D eigenvalue weighted by Gasteiger charge is -2.32. The normalized spacial score (nSPS) is 36.9. The van der Waals surface area contributed by atoms with E-state index < -0.39 is 27.1 Å². The number of fused-ring (bicyclic) bond motifs is 2. The zero-order valence-electron chi connectivity index (χ0n) is 9.32. The van der Waals surface area contributed by atoms with Crippen LogP contribution in [0, 0.1) is 11.3 Å². The minimum Gasteiger partial charge on any atom is -0.296 e. The molecule has 2 atom stereocenters. The molecule has 2 unspecified atom stereocenters. The van der Waals surface area contributed by atoms with E-state index in [0.29, 0.717) is 12.8 Å². The first-order chi connectivity index (χ1) is 7.23. The lowest BCUT2D eigenvalue weighted by Crippen LogP contribution is -2.45. The van der Waals surface area contributed by atoms with Gasteiger partial charge in [0.15, 0.2) is 5.78 Å². The van der Waals surface area contributed by atoms with Gasteiger partial charge in [0.1, 0.15) is 5.60 Å². The number of alkyl halides is 1. The van der Waals surface area contributed by atoms with E-state index >= 15 is 0 Å². The topological polar surface area (TPSA) is 60.4 Å². The van der Waals surface area contributed by atoms with Crippen LogP contribution in [0.25, 0.3) is 0 Å². The van der Waals surface area contributed by atoms with Gasteiger partial charge in [-0.1, -0.05) is 13.8 Å². The Morgan fingerprint density at radius 3 is 2.56 bits per heavy atom. The van der Waals surface area contributed by atoms with Crippen LogP contribution in [0.15, 0.2) is 0 Å². The van der Waals surface area contributed by atoms with Crippen LogP contribution in [0.2, 0.25) is 0 Å². The first-order valence-corrected chi connectivity index (χ1v) is 6.85. The summed E-state index contributed by atoms with van der Waals surface area (Å²) >= 11 is 0. The predicted molar refractivity (Wildman–Crippen MR) is 54.8 cm³/mol. The van der Waals surface area contributed by atoms with E-state index in [4.69, 9.17) is 4.18 Å². The zero-order chi connectivity index (χ0) is 12.2. The van der Waals surface area contributed by atoms with Crippen molar-refractivity contribution in [2.75, 3.05) is 6.01 Å². The summed E-state index contributed by atoms with van der Waals surface area (Å²) in [6.45, 7) is 3.60. The van der Waals surface area contributed by atoms with Crippen LogP contribution in [-0.4, -0.2) is 25.8 Å². The van der Waals surface area contributed by atoms with Gasteiger partial charge in [-0.25, -0.2) is 4.39 Å². The molecule has 0 spiro atoms. The first kappa shape index (κ1) is 12.0. The molecule has 92 valence electrons. The van der Waals surface area contributed by atoms with Gasteiger partial charge in [-0.2, -0.15) is 8.42 Å². The summed E-state index contributed by atoms with van der Waals surface area (Å²) < 4.78 is 39.4. The number of hydrogen-bond donors (Lipinski definition) is 0. The highest BCUT2D eigenvalue weighted by Gasteiger charge is 2.64. The summed E-state index contributed by atoms with van der Waals surface area (Å²) in [5.41, 5.74) is -1.83. The fraction of sp³-hybridized carbons (Fsp3) is 0.900. The smallest absolute Gasteiger partial charge is 0.296 e. The molecule has 2 fully saturated rings. The quantitative estimate of drug-likeness (QED) is 0.710. The lowest BCUT2D eigenvalue weighted by atomic mass is 9.75. The second-order valence-corrected chi connectivity index (χ2v) is 6.74. The molecule has 2 bridgehead atoms. The maximum atomic E-state index is 12.2. The third kappa shape index (κ3) is 1.50. The van der Waals surface area contributed by atoms with Crippen LogP contribution in [0.3, 0.4) is 0 Å². The Morgan fingerprint density at radius 1 is 1.50 bits per heavy atom. The van der Waals surface area contributed by atoms with Crippen molar-refractivity contribution in [2.45, 2.75) is 38.7 Å². The molecule has 4 nitrogen and oxygen atoms in total. The second-order valence-electron chi connectivity index (χ2n) is 5.23. The highest BCUT2D eigenvalue weighted by atomic mass is 32.2. The van der Waals surface area contributed by atoms with Crippen molar-refractivity contribution >= 4 is 15.9 Å². The molecule has 0 aliphatic heterocycles. The van der Waals surface area contributed by atoms with Crippen molar-refractivity contribution in [2.24, 2.45) is 11.3 Å². The number of ketones is 1. The third-order valence-electron chi connectivity index (χ3n) is 3.91. The number of hydrogen-bond acceptors (Lipinski definition) is 4. The highest BCUT2D eigenvalue weighted by Crippen LogP contribution is 2.57. The third-order valence-corrected chi connectivity index (χ3v) is 4.75. The highest BCUT2D eigenvalue weighted by molar-refractivity contribution is 7.86.